The largest absolute Gasteiger partial charge is 0.492 e. The summed E-state index contributed by atoms with van der Waals surface area (Å²) < 4.78 is 5.56. The minimum atomic E-state index is -1.14. The van der Waals surface area contributed by atoms with Crippen LogP contribution in [0.3, 0.4) is 0 Å². The van der Waals surface area contributed by atoms with E-state index in [1.165, 1.54) is 0 Å². The van der Waals surface area contributed by atoms with Crippen molar-refractivity contribution in [2.75, 3.05) is 11.9 Å². The first-order chi connectivity index (χ1) is 12.0. The van der Waals surface area contributed by atoms with Gasteiger partial charge in [-0.15, -0.1) is 0 Å². The number of carbonyl (C=O) groups excluding carboxylic acids is 1. The molecule has 0 aliphatic carbocycles. The number of aromatic nitrogens is 1. The van der Waals surface area contributed by atoms with Crippen molar-refractivity contribution in [3.8, 4) is 5.75 Å². The standard InChI is InChI=1S/C17H16ClN3O4/c1-9-5-6-13(20-14(9)16(22)23)21-17(24)19-12-7-8-25-15-10(12)3-2-4-11(15)18/h2-6,12H,7-8H2,1H3,(H,22,23)(H2,19,20,21,24)/t12-/m0/s1. The van der Waals surface area contributed by atoms with Crippen molar-refractivity contribution in [3.05, 3.63) is 52.2 Å². The average Bonchev–Trinajstić information content (AvgIpc) is 2.57. The highest BCUT2D eigenvalue weighted by Gasteiger charge is 2.25. The molecule has 1 aliphatic rings. The summed E-state index contributed by atoms with van der Waals surface area (Å²) in [6, 6.07) is 7.77. The lowest BCUT2D eigenvalue weighted by Gasteiger charge is -2.27. The highest BCUT2D eigenvalue weighted by Crippen LogP contribution is 2.37. The number of hydrogen-bond donors (Lipinski definition) is 3. The lowest BCUT2D eigenvalue weighted by molar-refractivity contribution is 0.0689. The first-order valence-corrected chi connectivity index (χ1v) is 8.03. The SMILES string of the molecule is Cc1ccc(NC(=O)N[C@H]2CCOc3c(Cl)cccc32)nc1C(=O)O. The first kappa shape index (κ1) is 17.0. The van der Waals surface area contributed by atoms with Crippen molar-refractivity contribution < 1.29 is 19.4 Å². The van der Waals surface area contributed by atoms with Gasteiger partial charge in [-0.3, -0.25) is 5.32 Å². The second kappa shape index (κ2) is 6.98. The third kappa shape index (κ3) is 3.66. The van der Waals surface area contributed by atoms with Gasteiger partial charge in [0.05, 0.1) is 17.7 Å². The molecule has 2 aromatic rings. The number of nitrogens with one attached hydrogen (secondary N) is 2. The molecule has 25 heavy (non-hydrogen) atoms. The Kier molecular flexibility index (Phi) is 4.76. The van der Waals surface area contributed by atoms with E-state index in [4.69, 9.17) is 21.4 Å². The maximum absolute atomic E-state index is 12.3. The molecule has 0 spiro atoms. The number of halogens is 1. The predicted octanol–water partition coefficient (Wildman–Crippen LogP) is 3.39. The third-order valence-corrected chi connectivity index (χ3v) is 4.17. The summed E-state index contributed by atoms with van der Waals surface area (Å²) in [5.74, 6) is -0.407. The quantitative estimate of drug-likeness (QED) is 0.778. The fourth-order valence-electron chi connectivity index (χ4n) is 2.66. The molecule has 2 amide bonds. The number of benzene rings is 1. The summed E-state index contributed by atoms with van der Waals surface area (Å²) in [6.45, 7) is 2.08. The van der Waals surface area contributed by atoms with E-state index < -0.39 is 12.0 Å². The summed E-state index contributed by atoms with van der Waals surface area (Å²) in [5, 5.41) is 15.0. The third-order valence-electron chi connectivity index (χ3n) is 3.87. The van der Waals surface area contributed by atoms with Crippen LogP contribution in [0.5, 0.6) is 5.75 Å². The number of carboxylic acid groups (broad SMARTS) is 1. The highest BCUT2D eigenvalue weighted by atomic mass is 35.5. The number of rotatable bonds is 3. The summed E-state index contributed by atoms with van der Waals surface area (Å²) in [4.78, 5) is 27.3. The van der Waals surface area contributed by atoms with Gasteiger partial charge < -0.3 is 15.2 Å². The Hall–Kier alpha value is -2.80. The van der Waals surface area contributed by atoms with Crippen molar-refractivity contribution in [1.82, 2.24) is 10.3 Å². The number of hydrogen-bond acceptors (Lipinski definition) is 4. The molecule has 0 unspecified atom stereocenters. The summed E-state index contributed by atoms with van der Waals surface area (Å²) in [6.07, 6.45) is 0.600. The van der Waals surface area contributed by atoms with Gasteiger partial charge in [0.1, 0.15) is 11.6 Å². The Morgan fingerprint density at radius 3 is 2.88 bits per heavy atom. The predicted molar refractivity (Wildman–Crippen MR) is 92.4 cm³/mol. The van der Waals surface area contributed by atoms with Crippen molar-refractivity contribution in [2.45, 2.75) is 19.4 Å². The Balaban J connectivity index is 1.73. The Labute approximate surface area is 149 Å². The number of aryl methyl sites for hydroxylation is 1. The number of anilines is 1. The molecule has 1 aliphatic heterocycles. The molecule has 3 N–H and O–H groups in total. The zero-order valence-electron chi connectivity index (χ0n) is 13.4. The van der Waals surface area contributed by atoms with E-state index in [0.29, 0.717) is 29.4 Å². The van der Waals surface area contributed by atoms with Gasteiger partial charge in [-0.2, -0.15) is 0 Å². The number of ether oxygens (including phenoxy) is 1. The van der Waals surface area contributed by atoms with Gasteiger partial charge in [0, 0.05) is 12.0 Å². The number of amides is 2. The van der Waals surface area contributed by atoms with Crippen LogP contribution in [0.4, 0.5) is 10.6 Å². The summed E-state index contributed by atoms with van der Waals surface area (Å²) in [5.41, 5.74) is 1.23. The van der Waals surface area contributed by atoms with Crippen molar-refractivity contribution in [1.29, 1.82) is 0 Å². The maximum atomic E-state index is 12.3. The van der Waals surface area contributed by atoms with E-state index >= 15 is 0 Å². The van der Waals surface area contributed by atoms with E-state index in [1.807, 2.05) is 6.07 Å². The molecular formula is C17H16ClN3O4. The second-order valence-electron chi connectivity index (χ2n) is 5.61. The molecule has 3 rings (SSSR count). The van der Waals surface area contributed by atoms with Crippen molar-refractivity contribution in [3.63, 3.8) is 0 Å². The molecule has 1 aromatic heterocycles. The Bertz CT molecular complexity index is 841. The first-order valence-electron chi connectivity index (χ1n) is 7.65. The van der Waals surface area contributed by atoms with Gasteiger partial charge in [0.2, 0.25) is 0 Å². The van der Waals surface area contributed by atoms with E-state index in [9.17, 15) is 9.59 Å². The Morgan fingerprint density at radius 2 is 2.12 bits per heavy atom. The second-order valence-corrected chi connectivity index (χ2v) is 6.02. The number of fused-ring (bicyclic) bond motifs is 1. The Morgan fingerprint density at radius 1 is 1.32 bits per heavy atom. The van der Waals surface area contributed by atoms with Crippen molar-refractivity contribution in [2.24, 2.45) is 0 Å². The molecule has 7 nitrogen and oxygen atoms in total. The van der Waals surface area contributed by atoms with Crippen LogP contribution in [0.1, 0.15) is 34.1 Å². The van der Waals surface area contributed by atoms with Crippen LogP contribution >= 0.6 is 11.6 Å². The average molecular weight is 362 g/mol. The molecule has 2 heterocycles. The topological polar surface area (TPSA) is 101 Å². The van der Waals surface area contributed by atoms with Crippen molar-refractivity contribution >= 4 is 29.4 Å². The minimum Gasteiger partial charge on any atom is -0.492 e. The number of carboxylic acids is 1. The van der Waals surface area contributed by atoms with Crippen LogP contribution < -0.4 is 15.4 Å². The van der Waals surface area contributed by atoms with Gasteiger partial charge in [0.25, 0.3) is 0 Å². The van der Waals surface area contributed by atoms with Crippen LogP contribution in [0.2, 0.25) is 5.02 Å². The van der Waals surface area contributed by atoms with E-state index in [2.05, 4.69) is 15.6 Å². The van der Waals surface area contributed by atoms with Gasteiger partial charge in [-0.05, 0) is 24.6 Å². The normalized spacial score (nSPS) is 15.7. The molecule has 1 aromatic carbocycles. The zero-order valence-corrected chi connectivity index (χ0v) is 14.1. The summed E-state index contributed by atoms with van der Waals surface area (Å²) in [7, 11) is 0. The van der Waals surface area contributed by atoms with Gasteiger partial charge in [0.15, 0.2) is 5.69 Å². The molecule has 0 bridgehead atoms. The number of aromatic carboxylic acids is 1. The lowest BCUT2D eigenvalue weighted by Crippen LogP contribution is -2.35. The zero-order chi connectivity index (χ0) is 18.0. The number of urea groups is 1. The minimum absolute atomic E-state index is 0.0963. The molecule has 0 saturated heterocycles. The number of carbonyl (C=O) groups is 2. The number of nitrogens with zero attached hydrogens (tertiary/aromatic N) is 1. The fourth-order valence-corrected chi connectivity index (χ4v) is 2.90. The molecular weight excluding hydrogens is 346 g/mol. The van der Waals surface area contributed by atoms with Crippen LogP contribution in [0.15, 0.2) is 30.3 Å². The van der Waals surface area contributed by atoms with Crippen LogP contribution in [0.25, 0.3) is 0 Å². The maximum Gasteiger partial charge on any atom is 0.354 e. The molecule has 0 saturated carbocycles. The lowest BCUT2D eigenvalue weighted by atomic mass is 10.0. The smallest absolute Gasteiger partial charge is 0.354 e. The van der Waals surface area contributed by atoms with E-state index in [0.717, 1.165) is 5.56 Å². The van der Waals surface area contributed by atoms with Crippen LogP contribution in [-0.4, -0.2) is 28.7 Å². The van der Waals surface area contributed by atoms with Crippen LogP contribution in [0, 0.1) is 6.92 Å². The van der Waals surface area contributed by atoms with Gasteiger partial charge in [-0.1, -0.05) is 29.8 Å². The molecule has 0 radical (unpaired) electrons. The number of pyridine rings is 1. The monoisotopic (exact) mass is 361 g/mol. The fraction of sp³-hybridized carbons (Fsp3) is 0.235. The number of para-hydroxylation sites is 1. The van der Waals surface area contributed by atoms with E-state index in [-0.39, 0.29) is 17.6 Å². The molecule has 1 atom stereocenters. The highest BCUT2D eigenvalue weighted by molar-refractivity contribution is 6.32. The molecule has 8 heteroatoms. The molecule has 0 fully saturated rings. The van der Waals surface area contributed by atoms with Gasteiger partial charge >= 0.3 is 12.0 Å². The molecule has 130 valence electrons. The van der Waals surface area contributed by atoms with E-state index in [1.54, 1.807) is 31.2 Å². The van der Waals surface area contributed by atoms with Gasteiger partial charge in [-0.25, -0.2) is 14.6 Å². The summed E-state index contributed by atoms with van der Waals surface area (Å²) >= 11 is 6.12. The van der Waals surface area contributed by atoms with Crippen LogP contribution in [-0.2, 0) is 0 Å².